The van der Waals surface area contributed by atoms with Crippen LogP contribution >= 0.6 is 0 Å². The van der Waals surface area contributed by atoms with Gasteiger partial charge in [-0.15, -0.1) is 5.10 Å². The zero-order valence-electron chi connectivity index (χ0n) is 20.4. The number of H-pyrrole nitrogens is 1. The van der Waals surface area contributed by atoms with Crippen molar-refractivity contribution in [2.24, 2.45) is 0 Å². The SMILES string of the molecule is Cc1ccc2cc(CN(Cc3nnnn3CCc3ccccc3)CC3CCCO3)c(=O)[nH]c2c1C. The van der Waals surface area contributed by atoms with E-state index in [1.54, 1.807) is 0 Å². The van der Waals surface area contributed by atoms with Crippen LogP contribution in [0.3, 0.4) is 0 Å². The molecule has 8 nitrogen and oxygen atoms in total. The lowest BCUT2D eigenvalue weighted by Gasteiger charge is -2.24. The fraction of sp³-hybridized carbons (Fsp3) is 0.407. The average molecular weight is 473 g/mol. The molecule has 1 saturated heterocycles. The highest BCUT2D eigenvalue weighted by atomic mass is 16.5. The smallest absolute Gasteiger partial charge is 0.252 e. The lowest BCUT2D eigenvalue weighted by atomic mass is 10.0. The van der Waals surface area contributed by atoms with Gasteiger partial charge in [0.15, 0.2) is 5.82 Å². The topological polar surface area (TPSA) is 88.9 Å². The molecule has 0 spiro atoms. The number of hydrogen-bond donors (Lipinski definition) is 1. The van der Waals surface area contributed by atoms with E-state index in [1.807, 2.05) is 35.9 Å². The van der Waals surface area contributed by atoms with Crippen molar-refractivity contribution in [3.63, 3.8) is 0 Å². The minimum absolute atomic E-state index is 0.0489. The van der Waals surface area contributed by atoms with Crippen molar-refractivity contribution in [1.29, 1.82) is 0 Å². The van der Waals surface area contributed by atoms with E-state index in [1.165, 1.54) is 11.1 Å². The number of benzene rings is 2. The van der Waals surface area contributed by atoms with E-state index in [9.17, 15) is 4.79 Å². The molecule has 3 heterocycles. The van der Waals surface area contributed by atoms with E-state index in [0.717, 1.165) is 60.3 Å². The van der Waals surface area contributed by atoms with Gasteiger partial charge < -0.3 is 9.72 Å². The van der Waals surface area contributed by atoms with Crippen LogP contribution in [-0.2, 0) is 30.8 Å². The van der Waals surface area contributed by atoms with Crippen LogP contribution in [0.25, 0.3) is 10.9 Å². The predicted molar refractivity (Wildman–Crippen MR) is 135 cm³/mol. The first-order valence-electron chi connectivity index (χ1n) is 12.3. The van der Waals surface area contributed by atoms with E-state index < -0.39 is 0 Å². The van der Waals surface area contributed by atoms with E-state index >= 15 is 0 Å². The number of tetrazole rings is 1. The van der Waals surface area contributed by atoms with Crippen molar-refractivity contribution >= 4 is 10.9 Å². The number of aromatic nitrogens is 5. The molecular formula is C27H32N6O2. The number of ether oxygens (including phenoxy) is 1. The molecule has 1 aliphatic heterocycles. The second-order valence-corrected chi connectivity index (χ2v) is 9.45. The number of pyridine rings is 1. The summed E-state index contributed by atoms with van der Waals surface area (Å²) in [5, 5.41) is 13.5. The van der Waals surface area contributed by atoms with Gasteiger partial charge in [-0.3, -0.25) is 9.69 Å². The molecule has 0 aliphatic carbocycles. The van der Waals surface area contributed by atoms with Gasteiger partial charge in [-0.05, 0) is 71.7 Å². The minimum atomic E-state index is -0.0489. The van der Waals surface area contributed by atoms with Crippen LogP contribution in [0.2, 0.25) is 0 Å². The molecule has 1 N–H and O–H groups in total. The van der Waals surface area contributed by atoms with Crippen LogP contribution < -0.4 is 5.56 Å². The Morgan fingerprint density at radius 1 is 1.14 bits per heavy atom. The average Bonchev–Trinajstić information content (AvgIpc) is 3.54. The summed E-state index contributed by atoms with van der Waals surface area (Å²) in [6.45, 7) is 7.39. The summed E-state index contributed by atoms with van der Waals surface area (Å²) in [5.74, 6) is 0.794. The maximum Gasteiger partial charge on any atom is 0.252 e. The van der Waals surface area contributed by atoms with Gasteiger partial charge in [0.25, 0.3) is 5.56 Å². The number of rotatable bonds is 9. The van der Waals surface area contributed by atoms with E-state index in [2.05, 4.69) is 56.6 Å². The zero-order chi connectivity index (χ0) is 24.2. The fourth-order valence-electron chi connectivity index (χ4n) is 4.78. The van der Waals surface area contributed by atoms with Gasteiger partial charge in [0.1, 0.15) is 0 Å². The van der Waals surface area contributed by atoms with Crippen molar-refractivity contribution in [3.05, 3.63) is 87.0 Å². The first-order valence-corrected chi connectivity index (χ1v) is 12.3. The summed E-state index contributed by atoms with van der Waals surface area (Å²) in [6.07, 6.45) is 3.12. The number of nitrogens with zero attached hydrogens (tertiary/aromatic N) is 5. The van der Waals surface area contributed by atoms with E-state index in [0.29, 0.717) is 19.6 Å². The summed E-state index contributed by atoms with van der Waals surface area (Å²) < 4.78 is 7.79. The number of aryl methyl sites for hydroxylation is 4. The highest BCUT2D eigenvalue weighted by Gasteiger charge is 2.22. The lowest BCUT2D eigenvalue weighted by Crippen LogP contribution is -2.34. The van der Waals surface area contributed by atoms with Crippen LogP contribution in [0.4, 0.5) is 0 Å². The number of nitrogens with one attached hydrogen (secondary N) is 1. The third-order valence-electron chi connectivity index (χ3n) is 6.93. The third kappa shape index (κ3) is 5.49. The van der Waals surface area contributed by atoms with Crippen molar-refractivity contribution in [2.45, 2.75) is 58.8 Å². The second kappa shape index (κ2) is 10.5. The Kier molecular flexibility index (Phi) is 7.01. The highest BCUT2D eigenvalue weighted by Crippen LogP contribution is 2.21. The summed E-state index contributed by atoms with van der Waals surface area (Å²) >= 11 is 0. The number of aromatic amines is 1. The van der Waals surface area contributed by atoms with Crippen LogP contribution in [0, 0.1) is 13.8 Å². The van der Waals surface area contributed by atoms with Gasteiger partial charge in [0, 0.05) is 31.8 Å². The molecule has 4 aromatic rings. The van der Waals surface area contributed by atoms with Crippen LogP contribution in [0.15, 0.2) is 53.3 Å². The largest absolute Gasteiger partial charge is 0.377 e. The summed E-state index contributed by atoms with van der Waals surface area (Å²) in [6, 6.07) is 16.5. The standard InChI is InChI=1S/C27H32N6O2/c1-19-10-11-22-15-23(27(34)28-26(22)20(19)2)16-32(17-24-9-6-14-35-24)18-25-29-30-31-33(25)13-12-21-7-4-3-5-8-21/h3-5,7-8,10-11,15,24H,6,9,12-14,16-18H2,1-2H3,(H,28,34). The number of hydrogen-bond acceptors (Lipinski definition) is 6. The van der Waals surface area contributed by atoms with Crippen molar-refractivity contribution in [2.75, 3.05) is 13.2 Å². The molecule has 2 aromatic heterocycles. The van der Waals surface area contributed by atoms with Gasteiger partial charge in [-0.25, -0.2) is 4.68 Å². The maximum absolute atomic E-state index is 13.0. The molecule has 8 heteroatoms. The Bertz CT molecular complexity index is 1340. The Morgan fingerprint density at radius 2 is 2.00 bits per heavy atom. The van der Waals surface area contributed by atoms with Gasteiger partial charge in [-0.2, -0.15) is 0 Å². The molecule has 1 aliphatic rings. The van der Waals surface area contributed by atoms with Crippen LogP contribution in [0.5, 0.6) is 0 Å². The summed E-state index contributed by atoms with van der Waals surface area (Å²) in [4.78, 5) is 18.4. The van der Waals surface area contributed by atoms with Crippen LogP contribution in [0.1, 0.15) is 40.9 Å². The Hall–Kier alpha value is -3.36. The van der Waals surface area contributed by atoms with Crippen molar-refractivity contribution in [3.8, 4) is 0 Å². The Balaban J connectivity index is 1.37. The molecule has 1 atom stereocenters. The van der Waals surface area contributed by atoms with E-state index in [4.69, 9.17) is 4.74 Å². The molecule has 2 aromatic carbocycles. The zero-order valence-corrected chi connectivity index (χ0v) is 20.4. The maximum atomic E-state index is 13.0. The van der Waals surface area contributed by atoms with E-state index in [-0.39, 0.29) is 11.7 Å². The van der Waals surface area contributed by atoms with Gasteiger partial charge >= 0.3 is 0 Å². The first kappa shape index (κ1) is 23.4. The molecule has 1 fully saturated rings. The highest BCUT2D eigenvalue weighted by molar-refractivity contribution is 5.83. The molecule has 35 heavy (non-hydrogen) atoms. The quantitative estimate of drug-likeness (QED) is 0.401. The molecule has 182 valence electrons. The van der Waals surface area contributed by atoms with Crippen molar-refractivity contribution < 1.29 is 4.74 Å². The van der Waals surface area contributed by atoms with Gasteiger partial charge in [0.2, 0.25) is 0 Å². The molecule has 1 unspecified atom stereocenters. The molecule has 5 rings (SSSR count). The van der Waals surface area contributed by atoms with Gasteiger partial charge in [0.05, 0.1) is 18.2 Å². The second-order valence-electron chi connectivity index (χ2n) is 9.45. The predicted octanol–water partition coefficient (Wildman–Crippen LogP) is 3.56. The minimum Gasteiger partial charge on any atom is -0.377 e. The van der Waals surface area contributed by atoms with Crippen molar-refractivity contribution in [1.82, 2.24) is 30.1 Å². The lowest BCUT2D eigenvalue weighted by molar-refractivity contribution is 0.0663. The molecule has 0 saturated carbocycles. The Labute approximate surface area is 204 Å². The summed E-state index contributed by atoms with van der Waals surface area (Å²) in [7, 11) is 0. The van der Waals surface area contributed by atoms with Crippen LogP contribution in [-0.4, -0.2) is 49.3 Å². The molecular weight excluding hydrogens is 440 g/mol. The monoisotopic (exact) mass is 472 g/mol. The molecule has 0 radical (unpaired) electrons. The number of fused-ring (bicyclic) bond motifs is 1. The summed E-state index contributed by atoms with van der Waals surface area (Å²) in [5.41, 5.74) is 5.13. The molecule has 0 bridgehead atoms. The Morgan fingerprint density at radius 3 is 2.80 bits per heavy atom. The molecule has 0 amide bonds. The van der Waals surface area contributed by atoms with Gasteiger partial charge in [-0.1, -0.05) is 42.5 Å². The fourth-order valence-corrected chi connectivity index (χ4v) is 4.78. The third-order valence-corrected chi connectivity index (χ3v) is 6.93. The normalized spacial score (nSPS) is 15.9. The first-order chi connectivity index (χ1) is 17.1.